The molecule has 2 atom stereocenters. The molecule has 0 bridgehead atoms. The summed E-state index contributed by atoms with van der Waals surface area (Å²) in [5, 5.41) is 12.5. The first kappa shape index (κ1) is 15.2. The summed E-state index contributed by atoms with van der Waals surface area (Å²) in [6.07, 6.45) is -0.442. The van der Waals surface area contributed by atoms with Gasteiger partial charge in [0.15, 0.2) is 0 Å². The van der Waals surface area contributed by atoms with E-state index in [9.17, 15) is 9.90 Å². The molecule has 0 heterocycles. The number of para-hydroxylation sites is 1. The lowest BCUT2D eigenvalue weighted by Gasteiger charge is -2.15. The van der Waals surface area contributed by atoms with Crippen LogP contribution >= 0.6 is 0 Å². The van der Waals surface area contributed by atoms with Gasteiger partial charge in [0.2, 0.25) is 5.91 Å². The number of anilines is 1. The molecule has 0 spiro atoms. The molecule has 0 fully saturated rings. The molecule has 2 rings (SSSR count). The predicted molar refractivity (Wildman–Crippen MR) is 83.7 cm³/mol. The zero-order valence-electron chi connectivity index (χ0n) is 12.0. The van der Waals surface area contributed by atoms with Crippen LogP contribution in [-0.4, -0.2) is 11.0 Å². The zero-order valence-corrected chi connectivity index (χ0v) is 12.0. The van der Waals surface area contributed by atoms with Crippen molar-refractivity contribution in [2.45, 2.75) is 25.5 Å². The maximum atomic E-state index is 12.1. The van der Waals surface area contributed by atoms with Crippen LogP contribution in [0.5, 0.6) is 0 Å². The Labute approximate surface area is 124 Å². The van der Waals surface area contributed by atoms with Gasteiger partial charge in [-0.15, -0.1) is 0 Å². The number of hydrogen-bond donors (Lipinski definition) is 3. The number of amides is 1. The van der Waals surface area contributed by atoms with Gasteiger partial charge in [0, 0.05) is 23.7 Å². The number of aliphatic hydroxyl groups excluding tert-OH is 1. The minimum atomic E-state index is -0.635. The summed E-state index contributed by atoms with van der Waals surface area (Å²) in [5.41, 5.74) is 8.28. The van der Waals surface area contributed by atoms with E-state index < -0.39 is 6.10 Å². The molecule has 0 aliphatic carbocycles. The van der Waals surface area contributed by atoms with Crippen LogP contribution in [0.25, 0.3) is 0 Å². The summed E-state index contributed by atoms with van der Waals surface area (Å²) in [6, 6.07) is 16.4. The summed E-state index contributed by atoms with van der Waals surface area (Å²) in [5.74, 6) is -0.167. The van der Waals surface area contributed by atoms with E-state index in [0.717, 1.165) is 5.56 Å². The normalized spacial score (nSPS) is 13.5. The van der Waals surface area contributed by atoms with Gasteiger partial charge in [0.25, 0.3) is 0 Å². The summed E-state index contributed by atoms with van der Waals surface area (Å²) >= 11 is 0. The first-order chi connectivity index (χ1) is 10.1. The molecule has 21 heavy (non-hydrogen) atoms. The molecule has 4 nitrogen and oxygen atoms in total. The molecule has 2 aromatic carbocycles. The lowest BCUT2D eigenvalue weighted by atomic mass is 10.0. The van der Waals surface area contributed by atoms with Gasteiger partial charge in [0.05, 0.1) is 6.10 Å². The monoisotopic (exact) mass is 284 g/mol. The van der Waals surface area contributed by atoms with Crippen LogP contribution in [-0.2, 0) is 4.79 Å². The van der Waals surface area contributed by atoms with Crippen LogP contribution in [0.2, 0.25) is 0 Å². The molecule has 2 aromatic rings. The maximum absolute atomic E-state index is 12.1. The summed E-state index contributed by atoms with van der Waals surface area (Å²) in [6.45, 7) is 1.67. The fraction of sp³-hybridized carbons (Fsp3) is 0.235. The first-order valence-electron chi connectivity index (χ1n) is 6.95. The van der Waals surface area contributed by atoms with E-state index in [0.29, 0.717) is 11.3 Å². The van der Waals surface area contributed by atoms with Crippen molar-refractivity contribution in [3.63, 3.8) is 0 Å². The van der Waals surface area contributed by atoms with Crippen LogP contribution in [0.15, 0.2) is 54.6 Å². The van der Waals surface area contributed by atoms with E-state index in [-0.39, 0.29) is 18.4 Å². The second kappa shape index (κ2) is 7.02. The third-order valence-corrected chi connectivity index (χ3v) is 3.32. The van der Waals surface area contributed by atoms with Gasteiger partial charge < -0.3 is 16.2 Å². The van der Waals surface area contributed by atoms with Gasteiger partial charge >= 0.3 is 0 Å². The minimum absolute atomic E-state index is 0.167. The Balaban J connectivity index is 2.02. The van der Waals surface area contributed by atoms with Crippen LogP contribution in [0, 0.1) is 0 Å². The molecule has 0 saturated carbocycles. The molecule has 110 valence electrons. The molecule has 0 aliphatic rings. The van der Waals surface area contributed by atoms with Crippen molar-refractivity contribution < 1.29 is 9.90 Å². The Morgan fingerprint density at radius 1 is 1.14 bits per heavy atom. The zero-order chi connectivity index (χ0) is 15.2. The van der Waals surface area contributed by atoms with Crippen molar-refractivity contribution in [1.29, 1.82) is 0 Å². The molecular weight excluding hydrogens is 264 g/mol. The first-order valence-corrected chi connectivity index (χ1v) is 6.95. The molecular formula is C17H20N2O2. The quantitative estimate of drug-likeness (QED) is 0.790. The lowest BCUT2D eigenvalue weighted by Crippen LogP contribution is -2.21. The van der Waals surface area contributed by atoms with E-state index in [2.05, 4.69) is 5.32 Å². The van der Waals surface area contributed by atoms with Crippen LogP contribution < -0.4 is 11.1 Å². The summed E-state index contributed by atoms with van der Waals surface area (Å²) in [7, 11) is 0. The highest BCUT2D eigenvalue weighted by Gasteiger charge is 2.14. The van der Waals surface area contributed by atoms with E-state index in [1.165, 1.54) is 0 Å². The van der Waals surface area contributed by atoms with Crippen molar-refractivity contribution in [3.05, 3.63) is 65.7 Å². The third kappa shape index (κ3) is 4.15. The molecule has 0 radical (unpaired) electrons. The Morgan fingerprint density at radius 3 is 2.43 bits per heavy atom. The van der Waals surface area contributed by atoms with Gasteiger partial charge in [-0.1, -0.05) is 48.5 Å². The van der Waals surface area contributed by atoms with Crippen molar-refractivity contribution in [2.75, 3.05) is 5.32 Å². The number of nitrogens with one attached hydrogen (secondary N) is 1. The smallest absolute Gasteiger partial charge is 0.226 e. The highest BCUT2D eigenvalue weighted by molar-refractivity contribution is 5.92. The van der Waals surface area contributed by atoms with E-state index >= 15 is 0 Å². The number of rotatable bonds is 5. The third-order valence-electron chi connectivity index (χ3n) is 3.32. The van der Waals surface area contributed by atoms with Crippen molar-refractivity contribution in [3.8, 4) is 0 Å². The Morgan fingerprint density at radius 2 is 1.76 bits per heavy atom. The van der Waals surface area contributed by atoms with Crippen LogP contribution in [0.1, 0.15) is 36.6 Å². The molecule has 4 N–H and O–H groups in total. The second-order valence-electron chi connectivity index (χ2n) is 5.03. The SMILES string of the molecule is CC(O)c1ccccc1NC(=O)CC(N)c1ccccc1. The van der Waals surface area contributed by atoms with E-state index in [1.807, 2.05) is 42.5 Å². The fourth-order valence-electron chi connectivity index (χ4n) is 2.19. The molecule has 0 aromatic heterocycles. The van der Waals surface area contributed by atoms with E-state index in [1.54, 1.807) is 19.1 Å². The average molecular weight is 284 g/mol. The number of benzene rings is 2. The van der Waals surface area contributed by atoms with Gasteiger partial charge in [-0.2, -0.15) is 0 Å². The second-order valence-corrected chi connectivity index (χ2v) is 5.03. The van der Waals surface area contributed by atoms with Gasteiger partial charge in [-0.3, -0.25) is 4.79 Å². The largest absolute Gasteiger partial charge is 0.389 e. The minimum Gasteiger partial charge on any atom is -0.389 e. The predicted octanol–water partition coefficient (Wildman–Crippen LogP) is 2.77. The van der Waals surface area contributed by atoms with Crippen molar-refractivity contribution in [2.24, 2.45) is 5.73 Å². The fourth-order valence-corrected chi connectivity index (χ4v) is 2.19. The van der Waals surface area contributed by atoms with Crippen molar-refractivity contribution >= 4 is 11.6 Å². The number of hydrogen-bond acceptors (Lipinski definition) is 3. The Kier molecular flexibility index (Phi) is 5.09. The van der Waals surface area contributed by atoms with E-state index in [4.69, 9.17) is 5.73 Å². The number of aliphatic hydroxyl groups is 1. The highest BCUT2D eigenvalue weighted by atomic mass is 16.3. The molecule has 0 aliphatic heterocycles. The maximum Gasteiger partial charge on any atom is 0.226 e. The van der Waals surface area contributed by atoms with Gasteiger partial charge in [0.1, 0.15) is 0 Å². The molecule has 2 unspecified atom stereocenters. The topological polar surface area (TPSA) is 75.3 Å². The Hall–Kier alpha value is -2.17. The van der Waals surface area contributed by atoms with Crippen LogP contribution in [0.3, 0.4) is 0 Å². The number of carbonyl (C=O) groups is 1. The highest BCUT2D eigenvalue weighted by Crippen LogP contribution is 2.23. The number of nitrogens with two attached hydrogens (primary N) is 1. The summed E-state index contributed by atoms with van der Waals surface area (Å²) < 4.78 is 0. The standard InChI is InChI=1S/C17H20N2O2/c1-12(20)14-9-5-6-10-16(14)19-17(21)11-15(18)13-7-3-2-4-8-13/h2-10,12,15,20H,11,18H2,1H3,(H,19,21). The molecule has 0 saturated heterocycles. The molecule has 4 heteroatoms. The van der Waals surface area contributed by atoms with Gasteiger partial charge in [-0.25, -0.2) is 0 Å². The molecule has 1 amide bonds. The average Bonchev–Trinajstić information content (AvgIpc) is 2.48. The van der Waals surface area contributed by atoms with Crippen LogP contribution in [0.4, 0.5) is 5.69 Å². The lowest BCUT2D eigenvalue weighted by molar-refractivity contribution is -0.116. The summed E-state index contributed by atoms with van der Waals surface area (Å²) in [4.78, 5) is 12.1. The van der Waals surface area contributed by atoms with Gasteiger partial charge in [-0.05, 0) is 18.6 Å². The van der Waals surface area contributed by atoms with Crippen molar-refractivity contribution in [1.82, 2.24) is 0 Å². The Bertz CT molecular complexity index is 597. The number of carbonyl (C=O) groups excluding carboxylic acids is 1.